The molecule has 30 heavy (non-hydrogen) atoms. The van der Waals surface area contributed by atoms with Crippen molar-refractivity contribution in [3.8, 4) is 17.2 Å². The predicted molar refractivity (Wildman–Crippen MR) is 112 cm³/mol. The van der Waals surface area contributed by atoms with Gasteiger partial charge in [-0.3, -0.25) is 4.79 Å². The number of benzene rings is 2. The van der Waals surface area contributed by atoms with Crippen molar-refractivity contribution in [1.82, 2.24) is 9.91 Å². The number of methoxy groups -OCH3 is 1. The van der Waals surface area contributed by atoms with E-state index in [4.69, 9.17) is 14.6 Å². The second-order valence-electron chi connectivity index (χ2n) is 8.09. The lowest BCUT2D eigenvalue weighted by Crippen LogP contribution is -2.59. The molecule has 0 unspecified atom stereocenters. The van der Waals surface area contributed by atoms with E-state index in [2.05, 4.69) is 11.1 Å². The van der Waals surface area contributed by atoms with Crippen molar-refractivity contribution in [1.29, 1.82) is 0 Å². The van der Waals surface area contributed by atoms with Gasteiger partial charge in [0.2, 0.25) is 11.6 Å². The van der Waals surface area contributed by atoms with Crippen LogP contribution in [0.15, 0.2) is 47.6 Å². The molecule has 1 spiro atoms. The van der Waals surface area contributed by atoms with Crippen molar-refractivity contribution in [3.05, 3.63) is 53.6 Å². The summed E-state index contributed by atoms with van der Waals surface area (Å²) >= 11 is 0. The molecule has 0 radical (unpaired) electrons. The molecule has 3 aliphatic heterocycles. The molecule has 0 bridgehead atoms. The van der Waals surface area contributed by atoms with E-state index in [0.717, 1.165) is 34.8 Å². The largest absolute Gasteiger partial charge is 0.508 e. The van der Waals surface area contributed by atoms with Gasteiger partial charge < -0.3 is 19.5 Å². The zero-order valence-electron chi connectivity index (χ0n) is 17.2. The third-order valence-electron chi connectivity index (χ3n) is 6.40. The number of aromatic hydroxyl groups is 1. The highest BCUT2D eigenvalue weighted by Crippen LogP contribution is 2.52. The Hall–Kier alpha value is -3.22. The van der Waals surface area contributed by atoms with Gasteiger partial charge >= 0.3 is 0 Å². The summed E-state index contributed by atoms with van der Waals surface area (Å²) in [7, 11) is 1.66. The zero-order valence-corrected chi connectivity index (χ0v) is 17.2. The first-order valence-corrected chi connectivity index (χ1v) is 10.3. The zero-order chi connectivity index (χ0) is 20.9. The minimum atomic E-state index is -0.614. The Kier molecular flexibility index (Phi) is 4.34. The quantitative estimate of drug-likeness (QED) is 0.827. The van der Waals surface area contributed by atoms with E-state index in [1.165, 1.54) is 0 Å². The molecule has 5 rings (SSSR count). The van der Waals surface area contributed by atoms with Gasteiger partial charge in [-0.15, -0.1) is 0 Å². The molecule has 3 heterocycles. The van der Waals surface area contributed by atoms with Crippen molar-refractivity contribution in [2.75, 3.05) is 20.2 Å². The molecular formula is C23H25N3O4. The number of para-hydroxylation sites is 1. The molecule has 1 N–H and O–H groups in total. The van der Waals surface area contributed by atoms with Gasteiger partial charge in [0.1, 0.15) is 5.75 Å². The molecule has 156 valence electrons. The molecule has 7 heteroatoms. The number of phenols is 1. The maximum absolute atomic E-state index is 11.9. The molecule has 0 aliphatic carbocycles. The number of nitrogens with zero attached hydrogens (tertiary/aromatic N) is 3. The van der Waals surface area contributed by atoms with E-state index < -0.39 is 5.72 Å². The first-order valence-electron chi connectivity index (χ1n) is 10.3. The van der Waals surface area contributed by atoms with Crippen LogP contribution in [0.5, 0.6) is 17.2 Å². The van der Waals surface area contributed by atoms with E-state index in [1.807, 2.05) is 29.2 Å². The number of phenolic OH excluding ortho intramolecular Hbond substituents is 1. The molecule has 1 saturated heterocycles. The first-order chi connectivity index (χ1) is 14.5. The van der Waals surface area contributed by atoms with Gasteiger partial charge in [-0.1, -0.05) is 12.1 Å². The fraction of sp³-hybridized carbons (Fsp3) is 0.391. The second-order valence-corrected chi connectivity index (χ2v) is 8.09. The molecule has 1 atom stereocenters. The highest BCUT2D eigenvalue weighted by Gasteiger charge is 2.52. The number of carbonyl (C=O) groups is 1. The molecular weight excluding hydrogens is 382 g/mol. The molecule has 2 aromatic carbocycles. The number of hydrogen-bond acceptors (Lipinski definition) is 6. The average molecular weight is 407 g/mol. The molecule has 2 aromatic rings. The van der Waals surface area contributed by atoms with Gasteiger partial charge in [0.25, 0.3) is 0 Å². The maximum Gasteiger partial charge on any atom is 0.219 e. The molecule has 1 amide bonds. The number of fused-ring (bicyclic) bond motifs is 4. The summed E-state index contributed by atoms with van der Waals surface area (Å²) < 4.78 is 12.2. The highest BCUT2D eigenvalue weighted by molar-refractivity contribution is 6.02. The summed E-state index contributed by atoms with van der Waals surface area (Å²) in [5.41, 5.74) is 2.40. The van der Waals surface area contributed by atoms with E-state index >= 15 is 0 Å². The Morgan fingerprint density at radius 1 is 1.20 bits per heavy atom. The van der Waals surface area contributed by atoms with Crippen molar-refractivity contribution in [2.45, 2.75) is 38.0 Å². The van der Waals surface area contributed by atoms with Crippen LogP contribution in [0.25, 0.3) is 0 Å². The van der Waals surface area contributed by atoms with Crippen molar-refractivity contribution in [2.24, 2.45) is 5.10 Å². The lowest BCUT2D eigenvalue weighted by molar-refractivity contribution is -0.159. The second kappa shape index (κ2) is 6.93. The van der Waals surface area contributed by atoms with E-state index in [-0.39, 0.29) is 17.7 Å². The van der Waals surface area contributed by atoms with Crippen LogP contribution in [0.4, 0.5) is 0 Å². The van der Waals surface area contributed by atoms with Gasteiger partial charge in [0.05, 0.1) is 18.9 Å². The van der Waals surface area contributed by atoms with Gasteiger partial charge in [-0.25, -0.2) is 5.01 Å². The number of carbonyl (C=O) groups excluding carboxylic acids is 1. The number of hydrogen-bond donors (Lipinski definition) is 1. The monoisotopic (exact) mass is 407 g/mol. The van der Waals surface area contributed by atoms with Crippen molar-refractivity contribution in [3.63, 3.8) is 0 Å². The van der Waals surface area contributed by atoms with Crippen LogP contribution in [-0.4, -0.2) is 52.6 Å². The number of piperidine rings is 1. The molecule has 1 fully saturated rings. The topological polar surface area (TPSA) is 74.6 Å². The Labute approximate surface area is 175 Å². The Balaban J connectivity index is 1.57. The van der Waals surface area contributed by atoms with Crippen LogP contribution < -0.4 is 9.47 Å². The average Bonchev–Trinajstić information content (AvgIpc) is 3.21. The molecule has 0 saturated carbocycles. The summed E-state index contributed by atoms with van der Waals surface area (Å²) in [6.07, 6.45) is 2.09. The molecule has 3 aliphatic rings. The van der Waals surface area contributed by atoms with Crippen molar-refractivity contribution < 1.29 is 19.4 Å². The Morgan fingerprint density at radius 3 is 2.60 bits per heavy atom. The number of ether oxygens (including phenoxy) is 2. The molecule has 7 nitrogen and oxygen atoms in total. The Morgan fingerprint density at radius 2 is 1.93 bits per heavy atom. The highest BCUT2D eigenvalue weighted by atomic mass is 16.5. The normalized spacial score (nSPS) is 21.5. The predicted octanol–water partition coefficient (Wildman–Crippen LogP) is 3.28. The summed E-state index contributed by atoms with van der Waals surface area (Å²) in [4.78, 5) is 13.7. The van der Waals surface area contributed by atoms with Gasteiger partial charge in [0.15, 0.2) is 11.5 Å². The number of hydrazone groups is 1. The SMILES string of the molecule is COc1cccc2c1OC1(CCN(C(C)=O)CC1)N1N=C(c3ccc(O)cc3)C[C@H]21. The van der Waals surface area contributed by atoms with Gasteiger partial charge in [-0.05, 0) is 35.9 Å². The van der Waals surface area contributed by atoms with E-state index in [0.29, 0.717) is 25.9 Å². The number of amides is 1. The summed E-state index contributed by atoms with van der Waals surface area (Å²) in [5, 5.41) is 16.8. The number of rotatable bonds is 2. The lowest BCUT2D eigenvalue weighted by Gasteiger charge is -2.51. The standard InChI is InChI=1S/C23H25N3O4/c1-15(27)25-12-10-23(11-13-25)26-20(18-4-3-5-21(29-2)22(18)30-23)14-19(24-26)16-6-8-17(28)9-7-16/h3-9,20,28H,10-14H2,1-2H3/t20-/m1/s1. The van der Waals surface area contributed by atoms with Gasteiger partial charge in [0, 0.05) is 44.8 Å². The lowest BCUT2D eigenvalue weighted by atomic mass is 9.90. The first kappa shape index (κ1) is 18.8. The smallest absolute Gasteiger partial charge is 0.219 e. The van der Waals surface area contributed by atoms with E-state index in [1.54, 1.807) is 26.2 Å². The van der Waals surface area contributed by atoms with Crippen LogP contribution in [0.2, 0.25) is 0 Å². The summed E-state index contributed by atoms with van der Waals surface area (Å²) in [5.74, 6) is 1.82. The maximum atomic E-state index is 11.9. The summed E-state index contributed by atoms with van der Waals surface area (Å²) in [6.45, 7) is 2.87. The van der Waals surface area contributed by atoms with Crippen LogP contribution in [0, 0.1) is 0 Å². The van der Waals surface area contributed by atoms with Gasteiger partial charge in [-0.2, -0.15) is 5.10 Å². The van der Waals surface area contributed by atoms with E-state index in [9.17, 15) is 9.90 Å². The third-order valence-corrected chi connectivity index (χ3v) is 6.40. The third kappa shape index (κ3) is 2.88. The van der Waals surface area contributed by atoms with Crippen LogP contribution in [-0.2, 0) is 4.79 Å². The summed E-state index contributed by atoms with van der Waals surface area (Å²) in [6, 6.07) is 13.2. The van der Waals surface area contributed by atoms with Crippen LogP contribution in [0.3, 0.4) is 0 Å². The van der Waals surface area contributed by atoms with Crippen LogP contribution in [0.1, 0.15) is 43.4 Å². The molecule has 0 aromatic heterocycles. The number of likely N-dealkylation sites (tertiary alicyclic amines) is 1. The van der Waals surface area contributed by atoms with Crippen LogP contribution >= 0.6 is 0 Å². The Bertz CT molecular complexity index is 1010. The minimum absolute atomic E-state index is 0.0385. The minimum Gasteiger partial charge on any atom is -0.508 e. The fourth-order valence-electron chi connectivity index (χ4n) is 4.76. The fourth-order valence-corrected chi connectivity index (χ4v) is 4.76. The van der Waals surface area contributed by atoms with Crippen molar-refractivity contribution >= 4 is 11.6 Å².